The van der Waals surface area contributed by atoms with E-state index in [-0.39, 0.29) is 28.7 Å². The molecule has 0 radical (unpaired) electrons. The molecule has 1 aromatic rings. The molecule has 4 nitrogen and oxygen atoms in total. The minimum atomic E-state index is -0.515. The first-order valence-corrected chi connectivity index (χ1v) is 7.06. The Hall–Kier alpha value is -0.680. The quantitative estimate of drug-likeness (QED) is 0.548. The van der Waals surface area contributed by atoms with Gasteiger partial charge in [-0.15, -0.1) is 12.4 Å². The van der Waals surface area contributed by atoms with E-state index in [4.69, 9.17) is 32.7 Å². The zero-order chi connectivity index (χ0) is 15.1. The average molecular weight is 357 g/mol. The number of methoxy groups -OCH3 is 1. The lowest BCUT2D eigenvalue weighted by molar-refractivity contribution is 0.0493. The molecule has 7 heteroatoms. The monoisotopic (exact) mass is 355 g/mol. The molecule has 0 aromatic heterocycles. The van der Waals surface area contributed by atoms with Gasteiger partial charge < -0.3 is 14.4 Å². The zero-order valence-corrected chi connectivity index (χ0v) is 14.6. The number of esters is 1. The summed E-state index contributed by atoms with van der Waals surface area (Å²) in [6.07, 6.45) is 1.76. The number of rotatable bonds is 7. The third kappa shape index (κ3) is 6.30. The smallest absolute Gasteiger partial charge is 0.343 e. The third-order valence-corrected chi connectivity index (χ3v) is 3.31. The van der Waals surface area contributed by atoms with Crippen LogP contribution in [0.15, 0.2) is 12.1 Å². The van der Waals surface area contributed by atoms with Gasteiger partial charge in [0, 0.05) is 0 Å². The lowest BCUT2D eigenvalue weighted by atomic mass is 10.2. The Bertz CT molecular complexity index is 467. The molecule has 0 aliphatic carbocycles. The first-order valence-electron chi connectivity index (χ1n) is 6.31. The standard InChI is InChI=1S/C14H19Cl2NO3.ClH/c1-17(2)8-4-5-9-20-14(18)12-10(15)6-7-11(16)13(12)19-3;/h6-7H,4-5,8-9H2,1-3H3;1H. The fourth-order valence-corrected chi connectivity index (χ4v) is 2.15. The molecule has 21 heavy (non-hydrogen) atoms. The molecule has 0 heterocycles. The fourth-order valence-electron chi connectivity index (χ4n) is 1.69. The van der Waals surface area contributed by atoms with Gasteiger partial charge in [0.1, 0.15) is 5.56 Å². The van der Waals surface area contributed by atoms with Gasteiger partial charge in [0.15, 0.2) is 5.75 Å². The highest BCUT2D eigenvalue weighted by Crippen LogP contribution is 2.34. The topological polar surface area (TPSA) is 38.8 Å². The molecule has 0 N–H and O–H groups in total. The highest BCUT2D eigenvalue weighted by atomic mass is 35.5. The number of halogens is 3. The van der Waals surface area contributed by atoms with E-state index in [0.717, 1.165) is 19.4 Å². The van der Waals surface area contributed by atoms with Crippen LogP contribution in [-0.2, 0) is 4.74 Å². The van der Waals surface area contributed by atoms with Gasteiger partial charge in [0.25, 0.3) is 0 Å². The van der Waals surface area contributed by atoms with Crippen LogP contribution in [0, 0.1) is 0 Å². The predicted molar refractivity (Wildman–Crippen MR) is 88.3 cm³/mol. The fraction of sp³-hybridized carbons (Fsp3) is 0.500. The van der Waals surface area contributed by atoms with Gasteiger partial charge in [-0.25, -0.2) is 4.79 Å². The minimum absolute atomic E-state index is 0. The Balaban J connectivity index is 0.00000400. The number of hydrogen-bond donors (Lipinski definition) is 0. The van der Waals surface area contributed by atoms with Crippen LogP contribution >= 0.6 is 35.6 Å². The highest BCUT2D eigenvalue weighted by Gasteiger charge is 2.20. The molecule has 1 aromatic carbocycles. The number of ether oxygens (including phenoxy) is 2. The van der Waals surface area contributed by atoms with E-state index in [1.54, 1.807) is 12.1 Å². The van der Waals surface area contributed by atoms with Crippen molar-refractivity contribution in [1.82, 2.24) is 4.90 Å². The molecule has 0 unspecified atom stereocenters. The summed E-state index contributed by atoms with van der Waals surface area (Å²) in [4.78, 5) is 14.1. The second-order valence-electron chi connectivity index (χ2n) is 4.58. The van der Waals surface area contributed by atoms with Crippen LogP contribution < -0.4 is 4.74 Å². The summed E-state index contributed by atoms with van der Waals surface area (Å²) < 4.78 is 10.3. The van der Waals surface area contributed by atoms with E-state index in [2.05, 4.69) is 4.90 Å². The van der Waals surface area contributed by atoms with Crippen molar-refractivity contribution in [3.05, 3.63) is 27.7 Å². The van der Waals surface area contributed by atoms with E-state index in [0.29, 0.717) is 11.6 Å². The molecule has 0 aliphatic rings. The maximum Gasteiger partial charge on any atom is 0.343 e. The number of carbonyl (C=O) groups excluding carboxylic acids is 1. The largest absolute Gasteiger partial charge is 0.494 e. The molecule has 0 aliphatic heterocycles. The lowest BCUT2D eigenvalue weighted by Gasteiger charge is -2.12. The van der Waals surface area contributed by atoms with Gasteiger partial charge in [0.05, 0.1) is 23.8 Å². The molecule has 0 amide bonds. The van der Waals surface area contributed by atoms with Crippen molar-refractivity contribution >= 4 is 41.6 Å². The van der Waals surface area contributed by atoms with E-state index >= 15 is 0 Å². The summed E-state index contributed by atoms with van der Waals surface area (Å²) in [6, 6.07) is 3.13. The molecule has 120 valence electrons. The number of carbonyl (C=O) groups is 1. The highest BCUT2D eigenvalue weighted by molar-refractivity contribution is 6.37. The minimum Gasteiger partial charge on any atom is -0.494 e. The maximum absolute atomic E-state index is 12.0. The Morgan fingerprint density at radius 3 is 2.38 bits per heavy atom. The molecule has 0 bridgehead atoms. The van der Waals surface area contributed by atoms with Crippen molar-refractivity contribution in [2.75, 3.05) is 34.4 Å². The van der Waals surface area contributed by atoms with Crippen LogP contribution in [0.25, 0.3) is 0 Å². The normalized spacial score (nSPS) is 10.2. The van der Waals surface area contributed by atoms with Crippen LogP contribution in [0.1, 0.15) is 23.2 Å². The Morgan fingerprint density at radius 1 is 1.19 bits per heavy atom. The SMILES string of the molecule is COc1c(Cl)ccc(Cl)c1C(=O)OCCCCN(C)C.Cl. The summed E-state index contributed by atoms with van der Waals surface area (Å²) >= 11 is 12.0. The third-order valence-electron chi connectivity index (χ3n) is 2.70. The second-order valence-corrected chi connectivity index (χ2v) is 5.40. The number of nitrogens with zero attached hydrogens (tertiary/aromatic N) is 1. The van der Waals surface area contributed by atoms with Gasteiger partial charge >= 0.3 is 5.97 Å². The molecular weight excluding hydrogens is 337 g/mol. The summed E-state index contributed by atoms with van der Waals surface area (Å²) in [6.45, 7) is 1.30. The van der Waals surface area contributed by atoms with Gasteiger partial charge in [-0.2, -0.15) is 0 Å². The van der Waals surface area contributed by atoms with Crippen LogP contribution in [0.3, 0.4) is 0 Å². The molecule has 0 saturated heterocycles. The summed E-state index contributed by atoms with van der Waals surface area (Å²) in [5, 5.41) is 0.598. The number of unbranched alkanes of at least 4 members (excludes halogenated alkanes) is 1. The second kappa shape index (κ2) is 10.1. The average Bonchev–Trinajstić information content (AvgIpc) is 2.39. The van der Waals surface area contributed by atoms with Crippen LogP contribution in [0.5, 0.6) is 5.75 Å². The van der Waals surface area contributed by atoms with Crippen LogP contribution in [0.2, 0.25) is 10.0 Å². The van der Waals surface area contributed by atoms with Crippen molar-refractivity contribution in [3.63, 3.8) is 0 Å². The van der Waals surface area contributed by atoms with Crippen molar-refractivity contribution in [1.29, 1.82) is 0 Å². The van der Waals surface area contributed by atoms with Gasteiger partial charge in [-0.1, -0.05) is 23.2 Å². The summed E-state index contributed by atoms with van der Waals surface area (Å²) in [5.74, 6) is -0.267. The van der Waals surface area contributed by atoms with Crippen molar-refractivity contribution in [2.45, 2.75) is 12.8 Å². The van der Waals surface area contributed by atoms with Crippen molar-refractivity contribution in [2.24, 2.45) is 0 Å². The van der Waals surface area contributed by atoms with Gasteiger partial charge in [-0.05, 0) is 45.6 Å². The van der Waals surface area contributed by atoms with E-state index < -0.39 is 5.97 Å². The summed E-state index contributed by atoms with van der Waals surface area (Å²) in [7, 11) is 5.44. The molecule has 0 fully saturated rings. The van der Waals surface area contributed by atoms with Crippen LogP contribution in [-0.4, -0.2) is 45.2 Å². The molecule has 0 spiro atoms. The van der Waals surface area contributed by atoms with Gasteiger partial charge in [0.2, 0.25) is 0 Å². The first kappa shape index (κ1) is 20.3. The summed E-state index contributed by atoms with van der Waals surface area (Å²) in [5.41, 5.74) is 0.175. The van der Waals surface area contributed by atoms with E-state index in [9.17, 15) is 4.79 Å². The maximum atomic E-state index is 12.0. The molecule has 1 rings (SSSR count). The number of benzene rings is 1. The van der Waals surface area contributed by atoms with E-state index in [1.165, 1.54) is 7.11 Å². The Kier molecular flexibility index (Phi) is 9.79. The van der Waals surface area contributed by atoms with Crippen molar-refractivity contribution < 1.29 is 14.3 Å². The molecule has 0 saturated carbocycles. The van der Waals surface area contributed by atoms with Crippen molar-refractivity contribution in [3.8, 4) is 5.75 Å². The van der Waals surface area contributed by atoms with Gasteiger partial charge in [-0.3, -0.25) is 0 Å². The Morgan fingerprint density at radius 2 is 1.81 bits per heavy atom. The predicted octanol–water partition coefficient (Wildman–Crippen LogP) is 3.92. The first-order chi connectivity index (χ1) is 9.47. The number of hydrogen-bond acceptors (Lipinski definition) is 4. The lowest BCUT2D eigenvalue weighted by Crippen LogP contribution is -2.14. The zero-order valence-electron chi connectivity index (χ0n) is 12.3. The Labute approximate surface area is 141 Å². The van der Waals surface area contributed by atoms with E-state index in [1.807, 2.05) is 14.1 Å². The molecule has 0 atom stereocenters. The molecular formula is C14H20Cl3NO3. The van der Waals surface area contributed by atoms with Crippen LogP contribution in [0.4, 0.5) is 0 Å².